The second kappa shape index (κ2) is 7.39. The summed E-state index contributed by atoms with van der Waals surface area (Å²) in [5.74, 6) is 0.462. The van der Waals surface area contributed by atoms with Crippen molar-refractivity contribution < 1.29 is 4.39 Å². The second-order valence-electron chi connectivity index (χ2n) is 6.24. The van der Waals surface area contributed by atoms with Gasteiger partial charge in [-0.25, -0.2) is 9.37 Å². The van der Waals surface area contributed by atoms with Gasteiger partial charge < -0.3 is 5.32 Å². The molecule has 0 unspecified atom stereocenters. The maximum absolute atomic E-state index is 14.0. The van der Waals surface area contributed by atoms with Crippen molar-refractivity contribution in [3.05, 3.63) is 70.6 Å². The van der Waals surface area contributed by atoms with E-state index in [2.05, 4.69) is 31.3 Å². The van der Waals surface area contributed by atoms with Gasteiger partial charge >= 0.3 is 0 Å². The quantitative estimate of drug-likeness (QED) is 0.745. The van der Waals surface area contributed by atoms with Crippen LogP contribution in [0.2, 0.25) is 5.02 Å². The molecule has 0 spiro atoms. The van der Waals surface area contributed by atoms with E-state index in [-0.39, 0.29) is 5.82 Å². The van der Waals surface area contributed by atoms with Gasteiger partial charge in [-0.1, -0.05) is 17.7 Å². The predicted octanol–water partition coefficient (Wildman–Crippen LogP) is 3.09. The fourth-order valence-electron chi connectivity index (χ4n) is 3.06. The molecule has 26 heavy (non-hydrogen) atoms. The lowest BCUT2D eigenvalue weighted by Crippen LogP contribution is -2.33. The van der Waals surface area contributed by atoms with Gasteiger partial charge in [0.15, 0.2) is 0 Å². The standard InChI is InChI=1S/C18H18ClFN6/c19-14-2-1-13(17(20)7-14)11-25-5-6-26-16(12-25)8-15(24-26)9-23-18-10-21-3-4-22-18/h1-4,7-8,10H,5-6,9,11-12H2,(H,22,23). The van der Waals surface area contributed by atoms with Crippen LogP contribution in [0.5, 0.6) is 0 Å². The van der Waals surface area contributed by atoms with Gasteiger partial charge in [-0.2, -0.15) is 5.10 Å². The molecular weight excluding hydrogens is 355 g/mol. The van der Waals surface area contributed by atoms with Gasteiger partial charge in [0.25, 0.3) is 0 Å². The van der Waals surface area contributed by atoms with Gasteiger partial charge in [0.2, 0.25) is 0 Å². The van der Waals surface area contributed by atoms with Crippen LogP contribution in [0.25, 0.3) is 0 Å². The minimum absolute atomic E-state index is 0.259. The number of benzene rings is 1. The van der Waals surface area contributed by atoms with Crippen molar-refractivity contribution in [3.63, 3.8) is 0 Å². The molecule has 1 aliphatic heterocycles. The van der Waals surface area contributed by atoms with Crippen molar-refractivity contribution in [3.8, 4) is 0 Å². The Hall–Kier alpha value is -2.51. The average Bonchev–Trinajstić information content (AvgIpc) is 3.05. The van der Waals surface area contributed by atoms with Crippen LogP contribution in [0.3, 0.4) is 0 Å². The molecule has 0 radical (unpaired) electrons. The summed E-state index contributed by atoms with van der Waals surface area (Å²) < 4.78 is 16.0. The summed E-state index contributed by atoms with van der Waals surface area (Å²) in [5.41, 5.74) is 2.73. The Morgan fingerprint density at radius 2 is 2.12 bits per heavy atom. The van der Waals surface area contributed by atoms with Gasteiger partial charge in [0.05, 0.1) is 30.7 Å². The molecule has 6 nitrogen and oxygen atoms in total. The molecule has 1 aliphatic rings. The van der Waals surface area contributed by atoms with Crippen molar-refractivity contribution >= 4 is 17.4 Å². The highest BCUT2D eigenvalue weighted by Crippen LogP contribution is 2.20. The Balaban J connectivity index is 1.40. The summed E-state index contributed by atoms with van der Waals surface area (Å²) in [6.45, 7) is 3.50. The first-order valence-electron chi connectivity index (χ1n) is 8.39. The first-order chi connectivity index (χ1) is 12.7. The first-order valence-corrected chi connectivity index (χ1v) is 8.77. The predicted molar refractivity (Wildman–Crippen MR) is 97.1 cm³/mol. The lowest BCUT2D eigenvalue weighted by atomic mass is 10.2. The molecule has 4 rings (SSSR count). The number of fused-ring (bicyclic) bond motifs is 1. The van der Waals surface area contributed by atoms with Gasteiger partial charge in [-0.05, 0) is 18.2 Å². The molecule has 1 aromatic carbocycles. The highest BCUT2D eigenvalue weighted by atomic mass is 35.5. The zero-order valence-electron chi connectivity index (χ0n) is 14.1. The van der Waals surface area contributed by atoms with Crippen LogP contribution in [0.4, 0.5) is 10.2 Å². The molecule has 0 atom stereocenters. The van der Waals surface area contributed by atoms with E-state index in [9.17, 15) is 4.39 Å². The lowest BCUT2D eigenvalue weighted by Gasteiger charge is -2.27. The van der Waals surface area contributed by atoms with Crippen LogP contribution >= 0.6 is 11.6 Å². The van der Waals surface area contributed by atoms with Gasteiger partial charge in [-0.3, -0.25) is 14.6 Å². The Morgan fingerprint density at radius 3 is 2.92 bits per heavy atom. The normalized spacial score (nSPS) is 14.2. The molecule has 0 saturated heterocycles. The summed E-state index contributed by atoms with van der Waals surface area (Å²) >= 11 is 5.82. The van der Waals surface area contributed by atoms with E-state index in [0.29, 0.717) is 23.7 Å². The number of rotatable bonds is 5. The van der Waals surface area contributed by atoms with Crippen LogP contribution in [0.1, 0.15) is 17.0 Å². The van der Waals surface area contributed by atoms with E-state index < -0.39 is 0 Å². The van der Waals surface area contributed by atoms with Crippen LogP contribution in [-0.2, 0) is 26.2 Å². The van der Waals surface area contributed by atoms with Crippen LogP contribution < -0.4 is 5.32 Å². The maximum Gasteiger partial charge on any atom is 0.144 e. The number of nitrogens with one attached hydrogen (secondary N) is 1. The minimum Gasteiger partial charge on any atom is -0.363 e. The number of nitrogens with zero attached hydrogens (tertiary/aromatic N) is 5. The molecular formula is C18H18ClFN6. The number of halogens is 2. The average molecular weight is 373 g/mol. The van der Waals surface area contributed by atoms with Crippen molar-refractivity contribution in [1.29, 1.82) is 0 Å². The molecule has 0 saturated carbocycles. The zero-order valence-corrected chi connectivity index (χ0v) is 14.8. The fraction of sp³-hybridized carbons (Fsp3) is 0.278. The van der Waals surface area contributed by atoms with E-state index in [0.717, 1.165) is 36.8 Å². The monoisotopic (exact) mass is 372 g/mol. The number of hydrogen-bond acceptors (Lipinski definition) is 5. The third kappa shape index (κ3) is 3.84. The van der Waals surface area contributed by atoms with Gasteiger partial charge in [-0.15, -0.1) is 0 Å². The summed E-state index contributed by atoms with van der Waals surface area (Å²) in [5, 5.41) is 8.25. The molecule has 0 aliphatic carbocycles. The minimum atomic E-state index is -0.259. The first kappa shape index (κ1) is 16.9. The molecule has 0 bridgehead atoms. The number of aromatic nitrogens is 4. The molecule has 0 amide bonds. The zero-order chi connectivity index (χ0) is 17.9. The van der Waals surface area contributed by atoms with Crippen molar-refractivity contribution in [1.82, 2.24) is 24.6 Å². The Morgan fingerprint density at radius 1 is 1.19 bits per heavy atom. The van der Waals surface area contributed by atoms with E-state index >= 15 is 0 Å². The van der Waals surface area contributed by atoms with Crippen molar-refractivity contribution in [2.75, 3.05) is 11.9 Å². The van der Waals surface area contributed by atoms with E-state index in [1.807, 2.05) is 4.68 Å². The summed E-state index contributed by atoms with van der Waals surface area (Å²) in [6.07, 6.45) is 4.96. The highest BCUT2D eigenvalue weighted by molar-refractivity contribution is 6.30. The number of anilines is 1. The van der Waals surface area contributed by atoms with Crippen LogP contribution in [0, 0.1) is 5.82 Å². The molecule has 1 N–H and O–H groups in total. The summed E-state index contributed by atoms with van der Waals surface area (Å²) in [4.78, 5) is 10.4. The lowest BCUT2D eigenvalue weighted by molar-refractivity contribution is 0.202. The Labute approximate surface area is 155 Å². The third-order valence-corrected chi connectivity index (χ3v) is 4.59. The summed E-state index contributed by atoms with van der Waals surface area (Å²) in [7, 11) is 0. The molecule has 0 fully saturated rings. The molecule has 3 heterocycles. The highest BCUT2D eigenvalue weighted by Gasteiger charge is 2.19. The van der Waals surface area contributed by atoms with Crippen molar-refractivity contribution in [2.24, 2.45) is 0 Å². The molecule has 8 heteroatoms. The van der Waals surface area contributed by atoms with Crippen molar-refractivity contribution in [2.45, 2.75) is 26.2 Å². The summed E-state index contributed by atoms with van der Waals surface area (Å²) in [6, 6.07) is 6.92. The van der Waals surface area contributed by atoms with E-state index in [1.54, 1.807) is 30.7 Å². The van der Waals surface area contributed by atoms with E-state index in [1.165, 1.54) is 6.07 Å². The smallest absolute Gasteiger partial charge is 0.144 e. The second-order valence-corrected chi connectivity index (χ2v) is 6.68. The maximum atomic E-state index is 14.0. The van der Waals surface area contributed by atoms with Gasteiger partial charge in [0, 0.05) is 42.6 Å². The largest absolute Gasteiger partial charge is 0.363 e. The Kier molecular flexibility index (Phi) is 4.81. The fourth-order valence-corrected chi connectivity index (χ4v) is 3.22. The number of hydrogen-bond donors (Lipinski definition) is 1. The van der Waals surface area contributed by atoms with E-state index in [4.69, 9.17) is 11.6 Å². The van der Waals surface area contributed by atoms with Gasteiger partial charge in [0.1, 0.15) is 11.6 Å². The van der Waals surface area contributed by atoms with Crippen LogP contribution in [0.15, 0.2) is 42.9 Å². The molecule has 134 valence electrons. The van der Waals surface area contributed by atoms with Crippen LogP contribution in [-0.4, -0.2) is 31.2 Å². The topological polar surface area (TPSA) is 58.9 Å². The SMILES string of the molecule is Fc1cc(Cl)ccc1CN1CCn2nc(CNc3cnccn3)cc2C1. The third-order valence-electron chi connectivity index (χ3n) is 4.35. The Bertz CT molecular complexity index is 898. The molecule has 2 aromatic heterocycles. The molecule has 3 aromatic rings.